The van der Waals surface area contributed by atoms with Crippen LogP contribution in [0.3, 0.4) is 0 Å². The molecule has 0 aromatic heterocycles. The van der Waals surface area contributed by atoms with Crippen molar-refractivity contribution in [1.82, 2.24) is 0 Å². The van der Waals surface area contributed by atoms with Gasteiger partial charge in [0.1, 0.15) is 18.1 Å². The molecule has 2 aromatic rings. The van der Waals surface area contributed by atoms with Gasteiger partial charge in [0, 0.05) is 10.6 Å². The van der Waals surface area contributed by atoms with Crippen LogP contribution in [0.15, 0.2) is 42.0 Å². The molecule has 0 saturated carbocycles. The molecule has 0 atom stereocenters. The number of aromatic hydroxyl groups is 1. The van der Waals surface area contributed by atoms with Gasteiger partial charge in [0.05, 0.1) is 21.3 Å². The van der Waals surface area contributed by atoms with E-state index in [1.165, 1.54) is 6.07 Å². The van der Waals surface area contributed by atoms with E-state index in [1.54, 1.807) is 13.0 Å². The summed E-state index contributed by atoms with van der Waals surface area (Å²) in [5.74, 6) is 0.502. The first kappa shape index (κ1) is 20.3. The third kappa shape index (κ3) is 5.22. The number of hydrogen-bond donors (Lipinski definition) is 1. The predicted octanol–water partition coefficient (Wildman–Crippen LogP) is 4.49. The monoisotopic (exact) mass is 486 g/mol. The summed E-state index contributed by atoms with van der Waals surface area (Å²) in [6.07, 6.45) is 2.39. The maximum atomic E-state index is 11.4. The van der Waals surface area contributed by atoms with Crippen molar-refractivity contribution in [2.75, 3.05) is 13.2 Å². The molecule has 0 saturated heterocycles. The van der Waals surface area contributed by atoms with Gasteiger partial charge in [-0.15, -0.1) is 0 Å². The summed E-state index contributed by atoms with van der Waals surface area (Å²) >= 11 is 7.53. The molecule has 7 heteroatoms. The first-order valence-corrected chi connectivity index (χ1v) is 9.14. The second kappa shape index (κ2) is 9.59. The highest BCUT2D eigenvalue weighted by molar-refractivity contribution is 14.1. The number of rotatable bonds is 3. The highest BCUT2D eigenvalue weighted by Gasteiger charge is 2.17. The summed E-state index contributed by atoms with van der Waals surface area (Å²) < 4.78 is 10.9. The van der Waals surface area contributed by atoms with Crippen molar-refractivity contribution in [3.63, 3.8) is 0 Å². The smallest absolute Gasteiger partial charge is 0.337 e. The molecule has 1 heterocycles. The lowest BCUT2D eigenvalue weighted by Crippen LogP contribution is -2.17. The highest BCUT2D eigenvalue weighted by Crippen LogP contribution is 2.27. The molecule has 0 aliphatic carbocycles. The van der Waals surface area contributed by atoms with Crippen LogP contribution in [0.5, 0.6) is 11.5 Å². The summed E-state index contributed by atoms with van der Waals surface area (Å²) in [4.78, 5) is 21.7. The van der Waals surface area contributed by atoms with E-state index < -0.39 is 0 Å². The van der Waals surface area contributed by atoms with Crippen molar-refractivity contribution in [1.29, 1.82) is 0 Å². The second-order valence-electron chi connectivity index (χ2n) is 5.16. The van der Waals surface area contributed by atoms with E-state index >= 15 is 0 Å². The molecule has 136 valence electrons. The summed E-state index contributed by atoms with van der Waals surface area (Å²) in [6.45, 7) is 2.46. The number of benzene rings is 2. The van der Waals surface area contributed by atoms with Crippen molar-refractivity contribution in [3.05, 3.63) is 61.7 Å². The molecule has 2 aromatic carbocycles. The number of carbonyl (C=O) groups excluding carboxylic acids is 2. The van der Waals surface area contributed by atoms with Crippen LogP contribution in [0.25, 0.3) is 6.08 Å². The zero-order valence-electron chi connectivity index (χ0n) is 13.9. The van der Waals surface area contributed by atoms with Crippen LogP contribution in [0.4, 0.5) is 0 Å². The van der Waals surface area contributed by atoms with E-state index in [0.717, 1.165) is 11.3 Å². The number of halogens is 2. The minimum Gasteiger partial charge on any atom is -0.506 e. The zero-order valence-corrected chi connectivity index (χ0v) is 16.8. The Morgan fingerprint density at radius 2 is 2.12 bits per heavy atom. The number of carbonyl (C=O) groups is 2. The maximum Gasteiger partial charge on any atom is 0.337 e. The topological polar surface area (TPSA) is 72.8 Å². The van der Waals surface area contributed by atoms with Gasteiger partial charge in [0.25, 0.3) is 0 Å². The zero-order chi connectivity index (χ0) is 19.1. The van der Waals surface area contributed by atoms with Crippen molar-refractivity contribution < 1.29 is 24.2 Å². The van der Waals surface area contributed by atoms with Crippen molar-refractivity contribution in [2.45, 2.75) is 6.92 Å². The van der Waals surface area contributed by atoms with E-state index in [1.807, 2.05) is 52.9 Å². The van der Waals surface area contributed by atoms with Crippen LogP contribution >= 0.6 is 34.2 Å². The molecule has 5 nitrogen and oxygen atoms in total. The number of esters is 1. The highest BCUT2D eigenvalue weighted by atomic mass is 127. The molecule has 1 aliphatic rings. The summed E-state index contributed by atoms with van der Waals surface area (Å²) in [7, 11) is 0. The molecule has 0 spiro atoms. The summed E-state index contributed by atoms with van der Waals surface area (Å²) in [5.41, 5.74) is 1.71. The first-order chi connectivity index (χ1) is 12.5. The number of hydrogen-bond acceptors (Lipinski definition) is 5. The third-order valence-electron chi connectivity index (χ3n) is 3.35. The van der Waals surface area contributed by atoms with Gasteiger partial charge in [0.2, 0.25) is 0 Å². The Morgan fingerprint density at radius 1 is 1.38 bits per heavy atom. The van der Waals surface area contributed by atoms with Crippen molar-refractivity contribution in [2.24, 2.45) is 0 Å². The molecule has 3 rings (SSSR count). The first-order valence-electron chi connectivity index (χ1n) is 7.69. The number of phenols is 1. The van der Waals surface area contributed by atoms with E-state index in [9.17, 15) is 14.7 Å². The molecule has 1 N–H and O–H groups in total. The third-order valence-corrected chi connectivity index (χ3v) is 4.39. The predicted molar refractivity (Wildman–Crippen MR) is 108 cm³/mol. The van der Waals surface area contributed by atoms with Gasteiger partial charge in [-0.25, -0.2) is 4.79 Å². The van der Waals surface area contributed by atoms with Gasteiger partial charge >= 0.3 is 5.97 Å². The van der Waals surface area contributed by atoms with Crippen LogP contribution in [-0.4, -0.2) is 30.6 Å². The average molecular weight is 487 g/mol. The molecule has 1 aliphatic heterocycles. The molecular formula is C19H16ClIO5. The number of ether oxygens (including phenoxy) is 2. The second-order valence-corrected chi connectivity index (χ2v) is 6.76. The molecule has 0 unspecified atom stereocenters. The standard InChI is InChI=1S/C12H12O3.C7H4ClIO2/c1-2-14-12(13)10-7-9-5-3-4-6-11(9)15-8-10;8-5-1-4(3-10)7(11)6(9)2-5/h3-7H,2,8H2,1H3;1-3,11H. The number of para-hydroxylation sites is 1. The van der Waals surface area contributed by atoms with Gasteiger partial charge in [-0.1, -0.05) is 29.8 Å². The Kier molecular flexibility index (Phi) is 7.47. The normalized spacial score (nSPS) is 11.9. The number of aldehydes is 1. The number of phenolic OH excluding ortho intramolecular Hbond substituents is 1. The van der Waals surface area contributed by atoms with Crippen molar-refractivity contribution in [3.8, 4) is 11.5 Å². The lowest BCUT2D eigenvalue weighted by atomic mass is 10.1. The maximum absolute atomic E-state index is 11.4. The molecule has 0 fully saturated rings. The van der Waals surface area contributed by atoms with E-state index in [-0.39, 0.29) is 23.9 Å². The van der Waals surface area contributed by atoms with E-state index in [4.69, 9.17) is 21.1 Å². The van der Waals surface area contributed by atoms with Gasteiger partial charge in [-0.05, 0) is 53.8 Å². The van der Waals surface area contributed by atoms with Crippen molar-refractivity contribution >= 4 is 52.5 Å². The molecule has 0 bridgehead atoms. The average Bonchev–Trinajstić information content (AvgIpc) is 2.65. The van der Waals surface area contributed by atoms with Crippen LogP contribution in [0, 0.1) is 3.57 Å². The summed E-state index contributed by atoms with van der Waals surface area (Å²) in [6, 6.07) is 10.6. The Labute approximate surface area is 169 Å². The molecule has 26 heavy (non-hydrogen) atoms. The molecule has 0 radical (unpaired) electrons. The van der Waals surface area contributed by atoms with Gasteiger partial charge in [-0.2, -0.15) is 0 Å². The fourth-order valence-electron chi connectivity index (χ4n) is 2.13. The van der Waals surface area contributed by atoms with Gasteiger partial charge < -0.3 is 14.6 Å². The van der Waals surface area contributed by atoms with Crippen LogP contribution in [0.1, 0.15) is 22.8 Å². The Hall–Kier alpha value is -2.06. The lowest BCUT2D eigenvalue weighted by Gasteiger charge is -2.16. The van der Waals surface area contributed by atoms with Crippen LogP contribution < -0.4 is 4.74 Å². The number of fused-ring (bicyclic) bond motifs is 1. The molecular weight excluding hydrogens is 471 g/mol. The van der Waals surface area contributed by atoms with Gasteiger partial charge in [-0.3, -0.25) is 4.79 Å². The lowest BCUT2D eigenvalue weighted by molar-refractivity contribution is -0.138. The largest absolute Gasteiger partial charge is 0.506 e. The fraction of sp³-hybridized carbons (Fsp3) is 0.158. The SMILES string of the molecule is CCOC(=O)C1=Cc2ccccc2OC1.O=Cc1cc(Cl)cc(I)c1O. The van der Waals surface area contributed by atoms with Crippen LogP contribution in [0.2, 0.25) is 5.02 Å². The minimum absolute atomic E-state index is 0.00926. The Bertz CT molecular complexity index is 848. The minimum atomic E-state index is -0.299. The van der Waals surface area contributed by atoms with Gasteiger partial charge in [0.15, 0.2) is 6.29 Å². The van der Waals surface area contributed by atoms with E-state index in [0.29, 0.717) is 27.1 Å². The fourth-order valence-corrected chi connectivity index (χ4v) is 3.19. The van der Waals surface area contributed by atoms with E-state index in [2.05, 4.69) is 0 Å². The molecule has 0 amide bonds. The quantitative estimate of drug-likeness (QED) is 0.393. The Morgan fingerprint density at radius 3 is 2.81 bits per heavy atom. The summed E-state index contributed by atoms with van der Waals surface area (Å²) in [5, 5.41) is 9.68. The van der Waals surface area contributed by atoms with Crippen LogP contribution in [-0.2, 0) is 9.53 Å². The Balaban J connectivity index is 0.000000197.